The highest BCUT2D eigenvalue weighted by atomic mass is 28.3. The first kappa shape index (κ1) is 40.7. The van der Waals surface area contributed by atoms with Crippen LogP contribution in [0.5, 0.6) is 0 Å². The van der Waals surface area contributed by atoms with Crippen molar-refractivity contribution in [2.45, 2.75) is 5.41 Å². The fourth-order valence-electron chi connectivity index (χ4n) is 11.8. The maximum atomic E-state index is 2.48. The molecule has 0 N–H and O–H groups in total. The van der Waals surface area contributed by atoms with E-state index in [4.69, 9.17) is 0 Å². The molecule has 1 aliphatic rings. The molecule has 1 aliphatic carbocycles. The van der Waals surface area contributed by atoms with Crippen molar-refractivity contribution in [2.75, 3.05) is 0 Å². The summed E-state index contributed by atoms with van der Waals surface area (Å²) in [7, 11) is -2.80. The lowest BCUT2D eigenvalue weighted by molar-refractivity contribution is 0.769. The Morgan fingerprint density at radius 3 is 1.04 bits per heavy atom. The Labute approximate surface area is 404 Å². The number of fused-ring (bicyclic) bond motifs is 6. The minimum atomic E-state index is -2.80. The molecular weight excluding hydrogens is 847 g/mol. The van der Waals surface area contributed by atoms with E-state index in [1.54, 1.807) is 0 Å². The molecular formula is C67H47NSi. The van der Waals surface area contributed by atoms with Gasteiger partial charge in [0.2, 0.25) is 0 Å². The Morgan fingerprint density at radius 1 is 0.275 bits per heavy atom. The van der Waals surface area contributed by atoms with Gasteiger partial charge in [0, 0.05) is 16.5 Å². The molecule has 0 atom stereocenters. The molecule has 0 saturated carbocycles. The molecule has 0 fully saturated rings. The van der Waals surface area contributed by atoms with Crippen LogP contribution >= 0.6 is 0 Å². The van der Waals surface area contributed by atoms with Gasteiger partial charge in [-0.25, -0.2) is 0 Å². The Kier molecular flexibility index (Phi) is 9.81. The maximum absolute atomic E-state index is 2.80. The summed E-state index contributed by atoms with van der Waals surface area (Å²) >= 11 is 0. The van der Waals surface area contributed by atoms with Crippen molar-refractivity contribution in [3.63, 3.8) is 0 Å². The third kappa shape index (κ3) is 6.37. The van der Waals surface area contributed by atoms with Crippen LogP contribution in [0.3, 0.4) is 0 Å². The molecule has 0 unspecified atom stereocenters. The molecule has 0 aliphatic heterocycles. The van der Waals surface area contributed by atoms with Crippen molar-refractivity contribution in [3.05, 3.63) is 307 Å². The van der Waals surface area contributed by atoms with Crippen molar-refractivity contribution >= 4 is 50.6 Å². The van der Waals surface area contributed by atoms with E-state index < -0.39 is 13.5 Å². The quantitative estimate of drug-likeness (QED) is 0.100. The zero-order valence-corrected chi connectivity index (χ0v) is 39.1. The lowest BCUT2D eigenvalue weighted by Gasteiger charge is -2.37. The van der Waals surface area contributed by atoms with Gasteiger partial charge in [0.15, 0.2) is 8.07 Å². The standard InChI is InChI=1S/C67H47NSi/c1-6-20-48(21-7-1)50-34-44-59-60-45-35-51(49-22-8-2-9-23-49)47-64(60)67(63(59)46-50,52-36-40-54(41-37-52)68-65-32-18-16-30-61(65)62-31-17-19-33-66(62)68)53-38-42-58(43-39-53)69(55-24-10-3-11-25-55,56-26-12-4-13-27-56)57-28-14-5-15-29-57/h1-47H. The summed E-state index contributed by atoms with van der Waals surface area (Å²) in [6.45, 7) is 0. The first-order valence-corrected chi connectivity index (χ1v) is 26.0. The topological polar surface area (TPSA) is 4.93 Å². The van der Waals surface area contributed by atoms with Crippen LogP contribution in [-0.2, 0) is 5.41 Å². The molecule has 2 heteroatoms. The van der Waals surface area contributed by atoms with E-state index in [0.29, 0.717) is 0 Å². The highest BCUT2D eigenvalue weighted by Gasteiger charge is 2.48. The predicted octanol–water partition coefficient (Wildman–Crippen LogP) is 13.9. The number of aromatic nitrogens is 1. The lowest BCUT2D eigenvalue weighted by Crippen LogP contribution is -2.74. The summed E-state index contributed by atoms with van der Waals surface area (Å²) in [4.78, 5) is 0. The summed E-state index contributed by atoms with van der Waals surface area (Å²) in [6.07, 6.45) is 0. The smallest absolute Gasteiger partial charge is 0.179 e. The van der Waals surface area contributed by atoms with Crippen LogP contribution in [0.1, 0.15) is 22.3 Å². The zero-order valence-electron chi connectivity index (χ0n) is 38.1. The molecule has 0 spiro atoms. The van der Waals surface area contributed by atoms with Gasteiger partial charge >= 0.3 is 0 Å². The normalized spacial score (nSPS) is 12.8. The summed E-state index contributed by atoms with van der Waals surface area (Å²) in [5, 5.41) is 7.96. The van der Waals surface area contributed by atoms with Gasteiger partial charge < -0.3 is 4.57 Å². The van der Waals surface area contributed by atoms with Crippen LogP contribution in [0.4, 0.5) is 0 Å². The Bertz CT molecular complexity index is 3550. The molecule has 324 valence electrons. The van der Waals surface area contributed by atoms with Gasteiger partial charge in [-0.15, -0.1) is 0 Å². The highest BCUT2D eigenvalue weighted by Crippen LogP contribution is 2.57. The van der Waals surface area contributed by atoms with E-state index in [1.807, 2.05) is 0 Å². The second-order valence-corrected chi connectivity index (χ2v) is 22.2. The van der Waals surface area contributed by atoms with E-state index >= 15 is 0 Å². The minimum absolute atomic E-state index is 0.672. The van der Waals surface area contributed by atoms with Crippen LogP contribution < -0.4 is 20.7 Å². The Morgan fingerprint density at radius 2 is 0.623 bits per heavy atom. The molecule has 0 bridgehead atoms. The average molecular weight is 894 g/mol. The van der Waals surface area contributed by atoms with Crippen molar-refractivity contribution in [2.24, 2.45) is 0 Å². The summed E-state index contributed by atoms with van der Waals surface area (Å²) in [5.41, 5.74) is 15.3. The molecule has 13 rings (SSSR count). The first-order valence-electron chi connectivity index (χ1n) is 24.0. The van der Waals surface area contributed by atoms with E-state index in [2.05, 4.69) is 290 Å². The van der Waals surface area contributed by atoms with Gasteiger partial charge in [-0.05, 0) is 113 Å². The Hall–Kier alpha value is -8.56. The fourth-order valence-corrected chi connectivity index (χ4v) is 16.6. The summed E-state index contributed by atoms with van der Waals surface area (Å²) < 4.78 is 2.43. The second kappa shape index (κ2) is 16.6. The molecule has 12 aromatic rings. The van der Waals surface area contributed by atoms with Gasteiger partial charge in [0.05, 0.1) is 16.4 Å². The van der Waals surface area contributed by atoms with Gasteiger partial charge in [-0.1, -0.05) is 249 Å². The number of hydrogen-bond acceptors (Lipinski definition) is 0. The van der Waals surface area contributed by atoms with Crippen molar-refractivity contribution in [3.8, 4) is 39.1 Å². The van der Waals surface area contributed by atoms with Crippen LogP contribution in [-0.4, -0.2) is 12.6 Å². The molecule has 69 heavy (non-hydrogen) atoms. The summed E-state index contributed by atoms with van der Waals surface area (Å²) in [6, 6.07) is 107. The van der Waals surface area contributed by atoms with Crippen LogP contribution in [0.15, 0.2) is 285 Å². The van der Waals surface area contributed by atoms with E-state index in [0.717, 1.165) is 5.69 Å². The van der Waals surface area contributed by atoms with Gasteiger partial charge in [-0.3, -0.25) is 0 Å². The number of hydrogen-bond donors (Lipinski definition) is 0. The fraction of sp³-hybridized carbons (Fsp3) is 0.0149. The predicted molar refractivity (Wildman–Crippen MR) is 293 cm³/mol. The molecule has 1 aromatic heterocycles. The molecule has 11 aromatic carbocycles. The Balaban J connectivity index is 1.10. The zero-order chi connectivity index (χ0) is 45.8. The van der Waals surface area contributed by atoms with E-state index in [9.17, 15) is 0 Å². The first-order chi connectivity index (χ1) is 34.2. The molecule has 1 heterocycles. The molecule has 1 nitrogen and oxygen atoms in total. The third-order valence-electron chi connectivity index (χ3n) is 14.9. The van der Waals surface area contributed by atoms with Crippen molar-refractivity contribution in [1.29, 1.82) is 0 Å². The largest absolute Gasteiger partial charge is 0.309 e. The average Bonchev–Trinajstić information content (AvgIpc) is 3.93. The monoisotopic (exact) mass is 893 g/mol. The molecule has 0 radical (unpaired) electrons. The second-order valence-electron chi connectivity index (χ2n) is 18.3. The lowest BCUT2D eigenvalue weighted by atomic mass is 9.67. The van der Waals surface area contributed by atoms with E-state index in [1.165, 1.54) is 98.2 Å². The maximum Gasteiger partial charge on any atom is 0.179 e. The number of para-hydroxylation sites is 2. The summed E-state index contributed by atoms with van der Waals surface area (Å²) in [5.74, 6) is 0. The number of nitrogens with zero attached hydrogens (tertiary/aromatic N) is 1. The van der Waals surface area contributed by atoms with Crippen molar-refractivity contribution < 1.29 is 0 Å². The SMILES string of the molecule is c1ccc(-c2ccc3c(c2)C(c2ccc(-n4c5ccccc5c5ccccc54)cc2)(c2ccc([Si](c4ccccc4)(c4ccccc4)c4ccccc4)cc2)c2cc(-c4ccccc4)ccc2-3)cc1. The van der Waals surface area contributed by atoms with Crippen LogP contribution in [0.25, 0.3) is 60.9 Å². The molecule has 0 saturated heterocycles. The van der Waals surface area contributed by atoms with Gasteiger partial charge in [0.25, 0.3) is 0 Å². The van der Waals surface area contributed by atoms with Gasteiger partial charge in [0.1, 0.15) is 0 Å². The van der Waals surface area contributed by atoms with Gasteiger partial charge in [-0.2, -0.15) is 0 Å². The number of rotatable bonds is 9. The van der Waals surface area contributed by atoms with Crippen molar-refractivity contribution in [1.82, 2.24) is 4.57 Å². The third-order valence-corrected chi connectivity index (χ3v) is 19.7. The molecule has 0 amide bonds. The van der Waals surface area contributed by atoms with Crippen LogP contribution in [0.2, 0.25) is 0 Å². The highest BCUT2D eigenvalue weighted by molar-refractivity contribution is 7.19. The van der Waals surface area contributed by atoms with Crippen LogP contribution in [0, 0.1) is 0 Å². The minimum Gasteiger partial charge on any atom is -0.309 e. The number of benzene rings is 11. The van der Waals surface area contributed by atoms with E-state index in [-0.39, 0.29) is 0 Å².